The van der Waals surface area contributed by atoms with Crippen LogP contribution in [0, 0.1) is 5.41 Å². The number of hydrogen-bond acceptors (Lipinski definition) is 4. The monoisotopic (exact) mass is 393 g/mol. The molecule has 0 N–H and O–H groups in total. The van der Waals surface area contributed by atoms with Crippen molar-refractivity contribution in [3.05, 3.63) is 35.9 Å². The maximum Gasteiger partial charge on any atom is 0.405 e. The second-order valence-electron chi connectivity index (χ2n) is 6.97. The van der Waals surface area contributed by atoms with E-state index in [2.05, 4.69) is 0 Å². The van der Waals surface area contributed by atoms with Crippen molar-refractivity contribution in [1.82, 2.24) is 4.90 Å². The Kier molecular flexibility index (Phi) is 5.45. The number of carbonyl (C=O) groups is 1. The minimum Gasteiger partial charge on any atom is -0.460 e. The molecule has 0 aromatic heterocycles. The lowest BCUT2D eigenvalue weighted by molar-refractivity contribution is -0.247. The summed E-state index contributed by atoms with van der Waals surface area (Å²) in [4.78, 5) is 13.6. The summed E-state index contributed by atoms with van der Waals surface area (Å²) in [6, 6.07) is 7.12. The topological polar surface area (TPSA) is 38.8 Å². The van der Waals surface area contributed by atoms with Crippen molar-refractivity contribution in [3.63, 3.8) is 0 Å². The van der Waals surface area contributed by atoms with E-state index < -0.39 is 49.0 Å². The van der Waals surface area contributed by atoms with Gasteiger partial charge in [-0.3, -0.25) is 9.69 Å². The van der Waals surface area contributed by atoms with E-state index in [0.29, 0.717) is 5.56 Å². The van der Waals surface area contributed by atoms with Crippen LogP contribution in [0.15, 0.2) is 30.3 Å². The van der Waals surface area contributed by atoms with Gasteiger partial charge in [-0.25, -0.2) is 8.78 Å². The van der Waals surface area contributed by atoms with Gasteiger partial charge in [0, 0.05) is 13.1 Å². The quantitative estimate of drug-likeness (QED) is 0.581. The van der Waals surface area contributed by atoms with Crippen LogP contribution >= 0.6 is 0 Å². The van der Waals surface area contributed by atoms with Gasteiger partial charge in [-0.05, 0) is 18.4 Å². The number of benzene rings is 1. The third-order valence-corrected chi connectivity index (χ3v) is 5.30. The molecule has 0 aliphatic carbocycles. The van der Waals surface area contributed by atoms with Crippen molar-refractivity contribution in [2.24, 2.45) is 5.41 Å². The van der Waals surface area contributed by atoms with E-state index in [9.17, 15) is 26.7 Å². The van der Waals surface area contributed by atoms with Gasteiger partial charge in [0.05, 0.1) is 12.6 Å². The minimum atomic E-state index is -4.82. The fourth-order valence-corrected chi connectivity index (χ4v) is 3.58. The molecule has 0 saturated carbocycles. The van der Waals surface area contributed by atoms with Crippen molar-refractivity contribution in [3.8, 4) is 0 Å². The average molecular weight is 393 g/mol. The van der Waals surface area contributed by atoms with Gasteiger partial charge in [0.1, 0.15) is 13.2 Å². The molecule has 1 unspecified atom stereocenters. The fourth-order valence-electron chi connectivity index (χ4n) is 3.58. The summed E-state index contributed by atoms with van der Waals surface area (Å²) < 4.78 is 78.5. The number of rotatable bonds is 4. The Morgan fingerprint density at radius 2 is 1.81 bits per heavy atom. The molecule has 0 amide bonds. The lowest BCUT2D eigenvalue weighted by Crippen LogP contribution is -2.57. The molecule has 9 heteroatoms. The summed E-state index contributed by atoms with van der Waals surface area (Å²) in [6.45, 7) is -1.79. The number of halogens is 5. The second kappa shape index (κ2) is 7.35. The van der Waals surface area contributed by atoms with Gasteiger partial charge < -0.3 is 9.47 Å². The Balaban J connectivity index is 1.69. The molecular weight excluding hydrogens is 373 g/mol. The average Bonchev–Trinajstić information content (AvgIpc) is 2.98. The van der Waals surface area contributed by atoms with E-state index in [1.807, 2.05) is 0 Å². The Bertz CT molecular complexity index is 657. The van der Waals surface area contributed by atoms with Gasteiger partial charge >= 0.3 is 12.1 Å². The first-order valence-corrected chi connectivity index (χ1v) is 8.63. The van der Waals surface area contributed by atoms with Crippen molar-refractivity contribution in [1.29, 1.82) is 0 Å². The highest BCUT2D eigenvalue weighted by molar-refractivity contribution is 5.78. The number of esters is 1. The van der Waals surface area contributed by atoms with E-state index in [1.165, 1.54) is 4.90 Å². The minimum absolute atomic E-state index is 0.232. The molecule has 3 rings (SSSR count). The molecule has 1 aromatic carbocycles. The first-order chi connectivity index (χ1) is 12.7. The molecule has 27 heavy (non-hydrogen) atoms. The molecule has 0 radical (unpaired) electrons. The molecule has 2 saturated heterocycles. The van der Waals surface area contributed by atoms with Crippen LogP contribution in [0.1, 0.15) is 18.4 Å². The van der Waals surface area contributed by atoms with E-state index in [1.54, 1.807) is 30.3 Å². The number of hydrogen-bond donors (Lipinski definition) is 0. The summed E-state index contributed by atoms with van der Waals surface area (Å²) in [5, 5.41) is 0. The fraction of sp³-hybridized carbons (Fsp3) is 0.611. The van der Waals surface area contributed by atoms with Crippen molar-refractivity contribution in [2.45, 2.75) is 37.6 Å². The first kappa shape index (κ1) is 20.0. The van der Waals surface area contributed by atoms with Gasteiger partial charge in [0.25, 0.3) is 5.92 Å². The molecule has 2 aliphatic heterocycles. The van der Waals surface area contributed by atoms with Crippen LogP contribution in [0.2, 0.25) is 0 Å². The van der Waals surface area contributed by atoms with Crippen LogP contribution < -0.4 is 0 Å². The van der Waals surface area contributed by atoms with E-state index in [-0.39, 0.29) is 26.3 Å². The van der Waals surface area contributed by atoms with Crippen molar-refractivity contribution < 1.29 is 36.2 Å². The van der Waals surface area contributed by atoms with Crippen molar-refractivity contribution >= 4 is 5.97 Å². The molecule has 1 aromatic rings. The molecule has 0 bridgehead atoms. The molecule has 1 atom stereocenters. The highest BCUT2D eigenvalue weighted by Gasteiger charge is 2.63. The third kappa shape index (κ3) is 3.94. The molecule has 0 spiro atoms. The first-order valence-electron chi connectivity index (χ1n) is 8.63. The van der Waals surface area contributed by atoms with E-state index in [0.717, 1.165) is 0 Å². The smallest absolute Gasteiger partial charge is 0.405 e. The van der Waals surface area contributed by atoms with E-state index in [4.69, 9.17) is 9.47 Å². The molecule has 4 nitrogen and oxygen atoms in total. The summed E-state index contributed by atoms with van der Waals surface area (Å²) in [5.41, 5.74) is -2.10. The Morgan fingerprint density at radius 1 is 1.19 bits per heavy atom. The van der Waals surface area contributed by atoms with Crippen LogP contribution in [0.5, 0.6) is 0 Å². The largest absolute Gasteiger partial charge is 0.460 e. The van der Waals surface area contributed by atoms with Crippen LogP contribution in [-0.2, 0) is 20.9 Å². The third-order valence-electron chi connectivity index (χ3n) is 5.30. The molecule has 2 fully saturated rings. The zero-order valence-corrected chi connectivity index (χ0v) is 14.5. The van der Waals surface area contributed by atoms with Crippen LogP contribution in [0.4, 0.5) is 22.0 Å². The highest BCUT2D eigenvalue weighted by Crippen LogP contribution is 2.48. The van der Waals surface area contributed by atoms with Gasteiger partial charge in [-0.2, -0.15) is 13.2 Å². The Hall–Kier alpha value is -1.74. The van der Waals surface area contributed by atoms with Crippen LogP contribution in [0.25, 0.3) is 0 Å². The SMILES string of the molecule is O=C(OCc1ccccc1)C1(C(F)(F)F)CCN(C2COCC2(F)F)CC1. The van der Waals surface area contributed by atoms with Gasteiger partial charge in [0.2, 0.25) is 0 Å². The molecular formula is C18H20F5NO3. The maximum absolute atomic E-state index is 13.8. The zero-order valence-electron chi connectivity index (χ0n) is 14.5. The zero-order chi connectivity index (χ0) is 19.7. The van der Waals surface area contributed by atoms with Crippen LogP contribution in [0.3, 0.4) is 0 Å². The standard InChI is InChI=1S/C18H20F5NO3/c19-17(20)12-26-11-14(17)24-8-6-16(7-9-24,18(21,22)23)15(25)27-10-13-4-2-1-3-5-13/h1-5,14H,6-12H2. The Labute approximate surface area is 153 Å². The number of carbonyl (C=O) groups excluding carboxylic acids is 1. The maximum atomic E-state index is 13.8. The molecule has 150 valence electrons. The van der Waals surface area contributed by atoms with Crippen LogP contribution in [-0.4, -0.2) is 55.3 Å². The van der Waals surface area contributed by atoms with E-state index >= 15 is 0 Å². The number of alkyl halides is 5. The predicted molar refractivity (Wildman–Crippen MR) is 85.1 cm³/mol. The lowest BCUT2D eigenvalue weighted by atomic mass is 9.77. The Morgan fingerprint density at radius 3 is 2.33 bits per heavy atom. The number of ether oxygens (including phenoxy) is 2. The number of nitrogens with zero attached hydrogens (tertiary/aromatic N) is 1. The lowest BCUT2D eigenvalue weighted by Gasteiger charge is -2.43. The summed E-state index contributed by atoms with van der Waals surface area (Å²) in [5.74, 6) is -4.46. The second-order valence-corrected chi connectivity index (χ2v) is 6.97. The predicted octanol–water partition coefficient (Wildman–Crippen LogP) is 3.41. The van der Waals surface area contributed by atoms with Gasteiger partial charge in [-0.1, -0.05) is 30.3 Å². The summed E-state index contributed by atoms with van der Waals surface area (Å²) in [6.07, 6.45) is -6.05. The molecule has 2 heterocycles. The van der Waals surface area contributed by atoms with Crippen molar-refractivity contribution in [2.75, 3.05) is 26.3 Å². The highest BCUT2D eigenvalue weighted by atomic mass is 19.4. The summed E-state index contributed by atoms with van der Waals surface area (Å²) >= 11 is 0. The van der Waals surface area contributed by atoms with Gasteiger partial charge in [-0.15, -0.1) is 0 Å². The molecule has 2 aliphatic rings. The summed E-state index contributed by atoms with van der Waals surface area (Å²) in [7, 11) is 0. The normalized spacial score (nSPS) is 25.3. The number of piperidine rings is 1. The van der Waals surface area contributed by atoms with Gasteiger partial charge in [0.15, 0.2) is 5.41 Å². The number of likely N-dealkylation sites (tertiary alicyclic amines) is 1.